The summed E-state index contributed by atoms with van der Waals surface area (Å²) in [7, 11) is 0. The Labute approximate surface area is 160 Å². The number of anilines is 1. The summed E-state index contributed by atoms with van der Waals surface area (Å²) in [6.45, 7) is 0.458. The van der Waals surface area contributed by atoms with Gasteiger partial charge in [-0.3, -0.25) is 4.79 Å². The van der Waals surface area contributed by atoms with E-state index in [1.165, 1.54) is 12.1 Å². The Hall–Kier alpha value is -3.18. The molecular formula is C21H15ClFN3O. The number of benzene rings is 2. The molecule has 0 aliphatic heterocycles. The Kier molecular flexibility index (Phi) is 4.60. The Morgan fingerprint density at radius 2 is 1.96 bits per heavy atom. The Morgan fingerprint density at radius 3 is 2.78 bits per heavy atom. The highest BCUT2D eigenvalue weighted by Crippen LogP contribution is 2.25. The molecule has 2 heterocycles. The molecule has 134 valence electrons. The van der Waals surface area contributed by atoms with E-state index in [4.69, 9.17) is 11.6 Å². The van der Waals surface area contributed by atoms with E-state index in [0.717, 1.165) is 16.5 Å². The van der Waals surface area contributed by atoms with Gasteiger partial charge >= 0.3 is 0 Å². The summed E-state index contributed by atoms with van der Waals surface area (Å²) in [5.41, 5.74) is 2.68. The van der Waals surface area contributed by atoms with Crippen molar-refractivity contribution >= 4 is 34.1 Å². The molecule has 4 aromatic rings. The van der Waals surface area contributed by atoms with Gasteiger partial charge in [0.1, 0.15) is 5.82 Å². The molecule has 1 N–H and O–H groups in total. The summed E-state index contributed by atoms with van der Waals surface area (Å²) < 4.78 is 15.4. The highest BCUT2D eigenvalue weighted by molar-refractivity contribution is 6.32. The van der Waals surface area contributed by atoms with Crippen molar-refractivity contribution in [2.45, 2.75) is 6.54 Å². The number of halogens is 2. The first-order chi connectivity index (χ1) is 13.1. The smallest absolute Gasteiger partial charge is 0.257 e. The molecule has 4 rings (SSSR count). The van der Waals surface area contributed by atoms with Crippen LogP contribution in [0, 0.1) is 5.82 Å². The fraction of sp³-hybridized carbons (Fsp3) is 0.0476. The summed E-state index contributed by atoms with van der Waals surface area (Å²) >= 11 is 6.03. The van der Waals surface area contributed by atoms with Crippen LogP contribution in [-0.4, -0.2) is 15.5 Å². The number of pyridine rings is 1. The first-order valence-corrected chi connectivity index (χ1v) is 8.74. The zero-order valence-electron chi connectivity index (χ0n) is 14.2. The second-order valence-corrected chi connectivity index (χ2v) is 6.47. The third-order valence-electron chi connectivity index (χ3n) is 4.28. The molecule has 2 aromatic carbocycles. The van der Waals surface area contributed by atoms with Crippen LogP contribution >= 0.6 is 11.6 Å². The lowest BCUT2D eigenvalue weighted by Crippen LogP contribution is -2.12. The van der Waals surface area contributed by atoms with E-state index in [2.05, 4.69) is 10.3 Å². The average Bonchev–Trinajstić information content (AvgIpc) is 3.02. The molecule has 0 saturated carbocycles. The first-order valence-electron chi connectivity index (χ1n) is 8.36. The van der Waals surface area contributed by atoms with Gasteiger partial charge in [-0.05, 0) is 35.9 Å². The molecule has 4 nitrogen and oxygen atoms in total. The number of para-hydroxylation sites is 1. The van der Waals surface area contributed by atoms with Gasteiger partial charge in [0.15, 0.2) is 5.15 Å². The molecule has 0 bridgehead atoms. The number of nitrogens with one attached hydrogen (secondary N) is 1. The molecule has 0 radical (unpaired) electrons. The Morgan fingerprint density at radius 1 is 1.11 bits per heavy atom. The van der Waals surface area contributed by atoms with Crippen LogP contribution in [0.3, 0.4) is 0 Å². The van der Waals surface area contributed by atoms with Gasteiger partial charge in [-0.15, -0.1) is 0 Å². The molecule has 0 saturated heterocycles. The summed E-state index contributed by atoms with van der Waals surface area (Å²) in [5.74, 6) is -0.563. The maximum Gasteiger partial charge on any atom is 0.257 e. The standard InChI is InChI=1S/C21H15ClFN3O/c22-20-18(8-4-10-24-20)25-21(27)17-13-26(19-9-2-1-7-16(17)19)12-14-5-3-6-15(23)11-14/h1-11,13H,12H2,(H,25,27). The number of carbonyl (C=O) groups excluding carboxylic acids is 1. The summed E-state index contributed by atoms with van der Waals surface area (Å²) in [6, 6.07) is 17.4. The van der Waals surface area contributed by atoms with Crippen LogP contribution in [0.1, 0.15) is 15.9 Å². The molecule has 0 aliphatic carbocycles. The topological polar surface area (TPSA) is 46.9 Å². The van der Waals surface area contributed by atoms with Crippen LogP contribution in [0.25, 0.3) is 10.9 Å². The lowest BCUT2D eigenvalue weighted by atomic mass is 10.1. The maximum atomic E-state index is 13.5. The zero-order chi connectivity index (χ0) is 18.8. The van der Waals surface area contributed by atoms with E-state index in [9.17, 15) is 9.18 Å². The van der Waals surface area contributed by atoms with Crippen LogP contribution in [0.4, 0.5) is 10.1 Å². The fourth-order valence-electron chi connectivity index (χ4n) is 3.06. The summed E-state index contributed by atoms with van der Waals surface area (Å²) in [5, 5.41) is 3.84. The van der Waals surface area contributed by atoms with Gasteiger partial charge in [0, 0.05) is 29.8 Å². The first kappa shape index (κ1) is 17.2. The van der Waals surface area contributed by atoms with E-state index < -0.39 is 0 Å². The van der Waals surface area contributed by atoms with Crippen LogP contribution in [-0.2, 0) is 6.54 Å². The lowest BCUT2D eigenvalue weighted by Gasteiger charge is -2.06. The summed E-state index contributed by atoms with van der Waals surface area (Å²) in [6.07, 6.45) is 3.33. The summed E-state index contributed by atoms with van der Waals surface area (Å²) in [4.78, 5) is 16.8. The Balaban J connectivity index is 1.71. The van der Waals surface area contributed by atoms with Crippen LogP contribution in [0.15, 0.2) is 73.1 Å². The third-order valence-corrected chi connectivity index (χ3v) is 4.58. The van der Waals surface area contributed by atoms with E-state index in [1.807, 2.05) is 34.9 Å². The van der Waals surface area contributed by atoms with Gasteiger partial charge in [-0.2, -0.15) is 0 Å². The average molecular weight is 380 g/mol. The van der Waals surface area contributed by atoms with Crippen molar-refractivity contribution in [2.24, 2.45) is 0 Å². The molecule has 0 spiro atoms. The maximum absolute atomic E-state index is 13.5. The zero-order valence-corrected chi connectivity index (χ0v) is 14.9. The highest BCUT2D eigenvalue weighted by atomic mass is 35.5. The fourth-order valence-corrected chi connectivity index (χ4v) is 3.23. The molecule has 27 heavy (non-hydrogen) atoms. The monoisotopic (exact) mass is 379 g/mol. The van der Waals surface area contributed by atoms with Gasteiger partial charge in [-0.25, -0.2) is 9.37 Å². The molecule has 2 aromatic heterocycles. The normalized spacial score (nSPS) is 10.9. The number of hydrogen-bond acceptors (Lipinski definition) is 2. The second kappa shape index (κ2) is 7.21. The van der Waals surface area contributed by atoms with Crippen LogP contribution in [0.5, 0.6) is 0 Å². The molecule has 0 unspecified atom stereocenters. The minimum atomic E-state index is -0.284. The predicted octanol–water partition coefficient (Wildman–Crippen LogP) is 5.13. The number of fused-ring (bicyclic) bond motifs is 1. The van der Waals surface area contributed by atoms with Crippen molar-refractivity contribution < 1.29 is 9.18 Å². The van der Waals surface area contributed by atoms with Gasteiger partial charge in [-0.1, -0.05) is 41.9 Å². The number of aromatic nitrogens is 2. The van der Waals surface area contributed by atoms with E-state index in [0.29, 0.717) is 17.8 Å². The minimum Gasteiger partial charge on any atom is -0.342 e. The van der Waals surface area contributed by atoms with Gasteiger partial charge < -0.3 is 9.88 Å². The largest absolute Gasteiger partial charge is 0.342 e. The number of rotatable bonds is 4. The number of amides is 1. The van der Waals surface area contributed by atoms with E-state index in [1.54, 1.807) is 30.6 Å². The van der Waals surface area contributed by atoms with Crippen LogP contribution < -0.4 is 5.32 Å². The van der Waals surface area contributed by atoms with Gasteiger partial charge in [0.25, 0.3) is 5.91 Å². The van der Waals surface area contributed by atoms with Crippen molar-refractivity contribution in [3.8, 4) is 0 Å². The molecule has 6 heteroatoms. The minimum absolute atomic E-state index is 0.231. The third kappa shape index (κ3) is 3.55. The van der Waals surface area contributed by atoms with E-state index in [-0.39, 0.29) is 16.9 Å². The van der Waals surface area contributed by atoms with Crippen molar-refractivity contribution in [2.75, 3.05) is 5.32 Å². The van der Waals surface area contributed by atoms with Crippen molar-refractivity contribution in [3.05, 3.63) is 95.2 Å². The van der Waals surface area contributed by atoms with Crippen molar-refractivity contribution in [3.63, 3.8) is 0 Å². The number of nitrogens with zero attached hydrogens (tertiary/aromatic N) is 2. The molecule has 0 atom stereocenters. The highest BCUT2D eigenvalue weighted by Gasteiger charge is 2.16. The molecule has 1 amide bonds. The predicted molar refractivity (Wildman–Crippen MR) is 105 cm³/mol. The van der Waals surface area contributed by atoms with Gasteiger partial charge in [0.05, 0.1) is 11.3 Å². The van der Waals surface area contributed by atoms with Crippen molar-refractivity contribution in [1.82, 2.24) is 9.55 Å². The lowest BCUT2D eigenvalue weighted by molar-refractivity contribution is 0.102. The quantitative estimate of drug-likeness (QED) is 0.500. The number of hydrogen-bond donors (Lipinski definition) is 1. The molecule has 0 aliphatic rings. The molecular weight excluding hydrogens is 365 g/mol. The molecule has 0 fully saturated rings. The Bertz CT molecular complexity index is 1140. The number of carbonyl (C=O) groups is 1. The van der Waals surface area contributed by atoms with Crippen LogP contribution in [0.2, 0.25) is 5.15 Å². The van der Waals surface area contributed by atoms with E-state index >= 15 is 0 Å². The van der Waals surface area contributed by atoms with Crippen molar-refractivity contribution in [1.29, 1.82) is 0 Å². The second-order valence-electron chi connectivity index (χ2n) is 6.11. The van der Waals surface area contributed by atoms with Gasteiger partial charge in [0.2, 0.25) is 0 Å². The SMILES string of the molecule is O=C(Nc1cccnc1Cl)c1cn(Cc2cccc(F)c2)c2ccccc12.